The molecule has 192 valence electrons. The van der Waals surface area contributed by atoms with Crippen molar-refractivity contribution in [1.82, 2.24) is 30.2 Å². The van der Waals surface area contributed by atoms with Gasteiger partial charge in [-0.1, -0.05) is 42.5 Å². The number of pyridine rings is 2. The van der Waals surface area contributed by atoms with Gasteiger partial charge in [-0.15, -0.1) is 0 Å². The molecular weight excluding hydrogens is 490 g/mol. The van der Waals surface area contributed by atoms with Gasteiger partial charge in [0.2, 0.25) is 0 Å². The first-order valence-corrected chi connectivity index (χ1v) is 12.9. The highest BCUT2D eigenvalue weighted by Gasteiger charge is 2.57. The van der Waals surface area contributed by atoms with Crippen LogP contribution in [0.25, 0.3) is 22.6 Å². The molecule has 2 amide bonds. The van der Waals surface area contributed by atoms with Crippen molar-refractivity contribution >= 4 is 34.4 Å². The highest BCUT2D eigenvalue weighted by atomic mass is 16.2. The third-order valence-electron chi connectivity index (χ3n) is 7.41. The minimum Gasteiger partial charge on any atom is -0.347 e. The third-order valence-corrected chi connectivity index (χ3v) is 7.41. The van der Waals surface area contributed by atoms with Crippen LogP contribution in [0.3, 0.4) is 0 Å². The lowest BCUT2D eigenvalue weighted by Gasteiger charge is -2.20. The second-order valence-corrected chi connectivity index (χ2v) is 9.95. The van der Waals surface area contributed by atoms with Gasteiger partial charge in [0.1, 0.15) is 22.9 Å². The third kappa shape index (κ3) is 4.48. The second kappa shape index (κ2) is 9.36. The van der Waals surface area contributed by atoms with Gasteiger partial charge in [-0.05, 0) is 48.5 Å². The maximum atomic E-state index is 13.2. The van der Waals surface area contributed by atoms with E-state index in [4.69, 9.17) is 0 Å². The topological polar surface area (TPSA) is 116 Å². The SMILES string of the molecule is O=C(NC1C2CN(C(=O)c3cccc(-c4nc5ccccc5[nH]4)n3)CC21)c1cccc(Nc2ccccc2)n1. The standard InChI is InChI=1S/C30H25N7O2/c38-29(24-13-7-15-26(33-24)31-18-8-2-1-3-9-18)36-27-19-16-37(17-20(19)27)30(39)25-14-6-12-23(32-25)28-34-21-10-4-5-11-22(21)35-28/h1-15,19-20,27H,16-17H2,(H,31,33)(H,34,35)(H,36,38). The van der Waals surface area contributed by atoms with Crippen molar-refractivity contribution < 1.29 is 9.59 Å². The highest BCUT2D eigenvalue weighted by Crippen LogP contribution is 2.46. The van der Waals surface area contributed by atoms with Crippen molar-refractivity contribution in [3.63, 3.8) is 0 Å². The summed E-state index contributed by atoms with van der Waals surface area (Å²) in [6.45, 7) is 1.18. The van der Waals surface area contributed by atoms with Crippen molar-refractivity contribution in [2.24, 2.45) is 11.8 Å². The maximum Gasteiger partial charge on any atom is 0.272 e. The number of aromatic amines is 1. The predicted molar refractivity (Wildman–Crippen MR) is 147 cm³/mol. The van der Waals surface area contributed by atoms with Crippen molar-refractivity contribution in [1.29, 1.82) is 0 Å². The Morgan fingerprint density at radius 2 is 1.51 bits per heavy atom. The zero-order chi connectivity index (χ0) is 26.3. The zero-order valence-corrected chi connectivity index (χ0v) is 20.9. The molecule has 1 aliphatic carbocycles. The minimum atomic E-state index is -0.204. The summed E-state index contributed by atoms with van der Waals surface area (Å²) in [5.74, 6) is 1.41. The fourth-order valence-corrected chi connectivity index (χ4v) is 5.35. The molecule has 2 atom stereocenters. The van der Waals surface area contributed by atoms with Crippen LogP contribution in [0.5, 0.6) is 0 Å². The van der Waals surface area contributed by atoms with E-state index < -0.39 is 0 Å². The molecule has 1 aliphatic heterocycles. The monoisotopic (exact) mass is 515 g/mol. The summed E-state index contributed by atoms with van der Waals surface area (Å²) < 4.78 is 0. The number of nitrogens with one attached hydrogen (secondary N) is 3. The predicted octanol–water partition coefficient (Wildman–Crippen LogP) is 4.26. The Labute approximate surface area is 224 Å². The average molecular weight is 516 g/mol. The number of para-hydroxylation sites is 3. The number of aromatic nitrogens is 4. The lowest BCUT2D eigenvalue weighted by atomic mass is 10.2. The smallest absolute Gasteiger partial charge is 0.272 e. The Morgan fingerprint density at radius 3 is 2.33 bits per heavy atom. The number of imidazole rings is 1. The number of fused-ring (bicyclic) bond motifs is 2. The molecular formula is C30H25N7O2. The lowest BCUT2D eigenvalue weighted by molar-refractivity contribution is 0.0763. The summed E-state index contributed by atoms with van der Waals surface area (Å²) >= 11 is 0. The number of hydrogen-bond donors (Lipinski definition) is 3. The van der Waals surface area contributed by atoms with Crippen LogP contribution in [-0.4, -0.2) is 55.8 Å². The number of rotatable bonds is 6. The van der Waals surface area contributed by atoms with Crippen LogP contribution in [0.4, 0.5) is 11.5 Å². The van der Waals surface area contributed by atoms with E-state index in [1.807, 2.05) is 83.8 Å². The number of carbonyl (C=O) groups is 2. The number of carbonyl (C=O) groups excluding carboxylic acids is 2. The molecule has 9 heteroatoms. The molecule has 39 heavy (non-hydrogen) atoms. The fraction of sp³-hybridized carbons (Fsp3) is 0.167. The lowest BCUT2D eigenvalue weighted by Crippen LogP contribution is -2.38. The summed E-state index contributed by atoms with van der Waals surface area (Å²) in [6.07, 6.45) is 0. The Morgan fingerprint density at radius 1 is 0.769 bits per heavy atom. The van der Waals surface area contributed by atoms with Crippen LogP contribution in [0.2, 0.25) is 0 Å². The van der Waals surface area contributed by atoms with Crippen molar-refractivity contribution in [2.75, 3.05) is 18.4 Å². The number of hydrogen-bond acceptors (Lipinski definition) is 6. The number of likely N-dealkylation sites (tertiary alicyclic amines) is 1. The van der Waals surface area contributed by atoms with Crippen LogP contribution in [-0.2, 0) is 0 Å². The second-order valence-electron chi connectivity index (χ2n) is 9.95. The first kappa shape index (κ1) is 23.1. The summed E-state index contributed by atoms with van der Waals surface area (Å²) in [6, 6.07) is 28.3. The fourth-order valence-electron chi connectivity index (χ4n) is 5.35. The summed E-state index contributed by atoms with van der Waals surface area (Å²) in [5, 5.41) is 6.33. The Hall–Kier alpha value is -5.05. The molecule has 1 saturated carbocycles. The molecule has 1 saturated heterocycles. The first-order valence-electron chi connectivity index (χ1n) is 12.9. The largest absolute Gasteiger partial charge is 0.347 e. The number of amides is 2. The molecule has 3 N–H and O–H groups in total. The molecule has 2 unspecified atom stereocenters. The van der Waals surface area contributed by atoms with E-state index >= 15 is 0 Å². The van der Waals surface area contributed by atoms with Gasteiger partial charge in [0.15, 0.2) is 5.82 Å². The van der Waals surface area contributed by atoms with Gasteiger partial charge in [0, 0.05) is 36.7 Å². The molecule has 2 aliphatic rings. The number of benzene rings is 2. The van der Waals surface area contributed by atoms with Crippen LogP contribution in [0.15, 0.2) is 91.0 Å². The first-order chi connectivity index (χ1) is 19.1. The summed E-state index contributed by atoms with van der Waals surface area (Å²) in [4.78, 5) is 44.9. The van der Waals surface area contributed by atoms with Crippen molar-refractivity contribution in [3.05, 3.63) is 102 Å². The van der Waals surface area contributed by atoms with Gasteiger partial charge in [0.05, 0.1) is 11.0 Å². The number of piperidine rings is 1. The minimum absolute atomic E-state index is 0.0453. The Bertz CT molecular complexity index is 1660. The number of nitrogens with zero attached hydrogens (tertiary/aromatic N) is 4. The number of H-pyrrole nitrogens is 1. The molecule has 7 rings (SSSR count). The molecule has 4 heterocycles. The Kier molecular flexibility index (Phi) is 5.54. The van der Waals surface area contributed by atoms with E-state index in [0.717, 1.165) is 16.7 Å². The summed E-state index contributed by atoms with van der Waals surface area (Å²) in [5.41, 5.74) is 4.06. The van der Waals surface area contributed by atoms with Gasteiger partial charge in [-0.25, -0.2) is 15.0 Å². The van der Waals surface area contributed by atoms with E-state index in [1.54, 1.807) is 12.1 Å². The summed E-state index contributed by atoms with van der Waals surface area (Å²) in [7, 11) is 0. The van der Waals surface area contributed by atoms with Crippen LogP contribution in [0.1, 0.15) is 21.0 Å². The normalized spacial score (nSPS) is 19.5. The van der Waals surface area contributed by atoms with Gasteiger partial charge in [-0.3, -0.25) is 9.59 Å². The van der Waals surface area contributed by atoms with Crippen molar-refractivity contribution in [3.8, 4) is 11.5 Å². The van der Waals surface area contributed by atoms with E-state index in [-0.39, 0.29) is 29.7 Å². The molecule has 0 spiro atoms. The molecule has 9 nitrogen and oxygen atoms in total. The van der Waals surface area contributed by atoms with Gasteiger partial charge >= 0.3 is 0 Å². The van der Waals surface area contributed by atoms with Gasteiger partial charge in [-0.2, -0.15) is 0 Å². The van der Waals surface area contributed by atoms with Crippen LogP contribution in [0, 0.1) is 11.8 Å². The average Bonchev–Trinajstić information content (AvgIpc) is 3.31. The molecule has 2 fully saturated rings. The van der Waals surface area contributed by atoms with E-state index in [0.29, 0.717) is 41.8 Å². The van der Waals surface area contributed by atoms with E-state index in [2.05, 4.69) is 30.6 Å². The highest BCUT2D eigenvalue weighted by molar-refractivity contribution is 5.94. The van der Waals surface area contributed by atoms with E-state index in [9.17, 15) is 9.59 Å². The molecule has 3 aromatic heterocycles. The molecule has 0 radical (unpaired) electrons. The quantitative estimate of drug-likeness (QED) is 0.311. The molecule has 0 bridgehead atoms. The van der Waals surface area contributed by atoms with Crippen LogP contribution < -0.4 is 10.6 Å². The molecule has 2 aromatic carbocycles. The van der Waals surface area contributed by atoms with E-state index in [1.165, 1.54) is 0 Å². The zero-order valence-electron chi connectivity index (χ0n) is 20.9. The van der Waals surface area contributed by atoms with Gasteiger partial charge < -0.3 is 20.5 Å². The Balaban J connectivity index is 0.975. The maximum absolute atomic E-state index is 13.2. The van der Waals surface area contributed by atoms with Crippen LogP contribution >= 0.6 is 0 Å². The van der Waals surface area contributed by atoms with Crippen molar-refractivity contribution in [2.45, 2.75) is 6.04 Å². The molecule has 5 aromatic rings. The van der Waals surface area contributed by atoms with Gasteiger partial charge in [0.25, 0.3) is 11.8 Å². The number of anilines is 2.